The smallest absolute Gasteiger partial charge is 0.299 e. The van der Waals surface area contributed by atoms with Gasteiger partial charge in [-0.15, -0.1) is 10.2 Å². The molecule has 0 fully saturated rings. The van der Waals surface area contributed by atoms with Gasteiger partial charge in [-0.1, -0.05) is 17.7 Å². The molecule has 1 aromatic carbocycles. The molecule has 0 atom stereocenters. The Kier molecular flexibility index (Phi) is 4.59. The van der Waals surface area contributed by atoms with E-state index in [1.54, 1.807) is 38.1 Å². The Morgan fingerprint density at radius 1 is 1.35 bits per heavy atom. The van der Waals surface area contributed by atoms with Crippen LogP contribution in [0.3, 0.4) is 0 Å². The van der Waals surface area contributed by atoms with E-state index in [-0.39, 0.29) is 22.2 Å². The maximum Gasteiger partial charge on any atom is 0.299 e. The largest absolute Gasteiger partial charge is 0.455 e. The quantitative estimate of drug-likeness (QED) is 0.302. The maximum atomic E-state index is 11.4. The first-order chi connectivity index (χ1) is 12.4. The topological polar surface area (TPSA) is 137 Å². The number of benzene rings is 1. The highest BCUT2D eigenvalue weighted by Gasteiger charge is 2.23. The van der Waals surface area contributed by atoms with Crippen LogP contribution < -0.4 is 11.3 Å². The number of aromatic nitrogens is 3. The van der Waals surface area contributed by atoms with E-state index in [1.807, 2.05) is 0 Å². The summed E-state index contributed by atoms with van der Waals surface area (Å²) in [7, 11) is 0. The minimum absolute atomic E-state index is 0.0819. The van der Waals surface area contributed by atoms with Crippen molar-refractivity contribution < 1.29 is 9.34 Å². The molecule has 0 radical (unpaired) electrons. The zero-order valence-corrected chi connectivity index (χ0v) is 14.6. The molecule has 26 heavy (non-hydrogen) atoms. The van der Waals surface area contributed by atoms with Gasteiger partial charge in [0.05, 0.1) is 16.7 Å². The third-order valence-electron chi connectivity index (χ3n) is 3.61. The fourth-order valence-corrected chi connectivity index (χ4v) is 2.44. The van der Waals surface area contributed by atoms with Gasteiger partial charge < -0.3 is 10.3 Å². The van der Waals surface area contributed by atoms with Crippen LogP contribution in [0, 0.1) is 24.0 Å². The fraction of sp³-hybridized carbons (Fsp3) is 0.133. The molecule has 0 saturated carbocycles. The van der Waals surface area contributed by atoms with Gasteiger partial charge in [0.15, 0.2) is 5.82 Å². The zero-order valence-electron chi connectivity index (χ0n) is 13.8. The molecule has 134 valence electrons. The average molecular weight is 376 g/mol. The number of anilines is 1. The van der Waals surface area contributed by atoms with Crippen molar-refractivity contribution in [2.24, 2.45) is 5.10 Å². The van der Waals surface area contributed by atoms with Gasteiger partial charge >= 0.3 is 0 Å². The molecule has 2 heterocycles. The predicted octanol–water partition coefficient (Wildman–Crippen LogP) is 2.88. The van der Waals surface area contributed by atoms with Gasteiger partial charge in [-0.2, -0.15) is 5.10 Å². The van der Waals surface area contributed by atoms with Crippen molar-refractivity contribution >= 4 is 29.5 Å². The SMILES string of the molecule is Cc1ccc(-c2ccc(/C=N\Nc3nnc(C)n3N)o2)c([N+](=O)[O-])c1Cl. The van der Waals surface area contributed by atoms with Crippen LogP contribution in [0.1, 0.15) is 17.1 Å². The van der Waals surface area contributed by atoms with E-state index < -0.39 is 4.92 Å². The third-order valence-corrected chi connectivity index (χ3v) is 4.08. The number of nitrogens with zero attached hydrogens (tertiary/aromatic N) is 5. The minimum Gasteiger partial charge on any atom is -0.455 e. The summed E-state index contributed by atoms with van der Waals surface area (Å²) < 4.78 is 6.84. The van der Waals surface area contributed by atoms with E-state index in [1.165, 1.54) is 10.9 Å². The number of hydrogen-bond acceptors (Lipinski definition) is 8. The number of halogens is 1. The lowest BCUT2D eigenvalue weighted by molar-refractivity contribution is -0.384. The second-order valence-electron chi connectivity index (χ2n) is 5.36. The minimum atomic E-state index is -0.529. The molecule has 0 aliphatic heterocycles. The number of nitrogens with two attached hydrogens (primary N) is 1. The Balaban J connectivity index is 1.84. The highest BCUT2D eigenvalue weighted by atomic mass is 35.5. The van der Waals surface area contributed by atoms with Crippen LogP contribution in [0.15, 0.2) is 33.8 Å². The molecule has 10 nitrogen and oxygen atoms in total. The highest BCUT2D eigenvalue weighted by Crippen LogP contribution is 2.38. The van der Waals surface area contributed by atoms with E-state index in [0.717, 1.165) is 0 Å². The second-order valence-corrected chi connectivity index (χ2v) is 5.74. The summed E-state index contributed by atoms with van der Waals surface area (Å²) in [5.74, 6) is 7.14. The highest BCUT2D eigenvalue weighted by molar-refractivity contribution is 6.34. The van der Waals surface area contributed by atoms with Crippen molar-refractivity contribution in [3.8, 4) is 11.3 Å². The van der Waals surface area contributed by atoms with E-state index in [0.29, 0.717) is 22.9 Å². The second kappa shape index (κ2) is 6.84. The van der Waals surface area contributed by atoms with Crippen LogP contribution in [0.4, 0.5) is 11.6 Å². The van der Waals surface area contributed by atoms with Gasteiger partial charge in [0.1, 0.15) is 16.5 Å². The Bertz CT molecular complexity index is 1010. The van der Waals surface area contributed by atoms with Crippen molar-refractivity contribution in [2.75, 3.05) is 11.3 Å². The number of rotatable bonds is 5. The maximum absolute atomic E-state index is 11.4. The molecule has 0 aliphatic carbocycles. The summed E-state index contributed by atoms with van der Waals surface area (Å²) in [5, 5.41) is 23.0. The summed E-state index contributed by atoms with van der Waals surface area (Å²) >= 11 is 6.07. The van der Waals surface area contributed by atoms with Crippen LogP contribution in [-0.4, -0.2) is 26.0 Å². The Morgan fingerprint density at radius 2 is 2.12 bits per heavy atom. The number of nitrogens with one attached hydrogen (secondary N) is 1. The van der Waals surface area contributed by atoms with Crippen LogP contribution in [0.25, 0.3) is 11.3 Å². The number of hydrogen-bond donors (Lipinski definition) is 2. The van der Waals surface area contributed by atoms with Crippen molar-refractivity contribution in [2.45, 2.75) is 13.8 Å². The molecule has 11 heteroatoms. The number of nitro benzene ring substituents is 1. The normalized spacial score (nSPS) is 11.2. The van der Waals surface area contributed by atoms with Gasteiger partial charge in [-0.3, -0.25) is 10.1 Å². The standard InChI is InChI=1S/C15H14ClN7O3/c1-8-3-5-11(14(13(8)16)23(24)25)12-6-4-10(26-12)7-18-20-15-21-19-9(2)22(15)17/h3-7H,17H2,1-2H3,(H,20,21)/b18-7-. The van der Waals surface area contributed by atoms with Crippen molar-refractivity contribution in [1.29, 1.82) is 0 Å². The van der Waals surface area contributed by atoms with Gasteiger partial charge in [0.2, 0.25) is 0 Å². The Hall–Kier alpha value is -3.40. The molecule has 3 aromatic rings. The average Bonchev–Trinajstić information content (AvgIpc) is 3.19. The molecular weight excluding hydrogens is 362 g/mol. The van der Waals surface area contributed by atoms with Gasteiger partial charge in [-0.25, -0.2) is 10.1 Å². The van der Waals surface area contributed by atoms with Crippen molar-refractivity contribution in [3.05, 3.63) is 56.6 Å². The van der Waals surface area contributed by atoms with Crippen molar-refractivity contribution in [3.63, 3.8) is 0 Å². The van der Waals surface area contributed by atoms with Crippen molar-refractivity contribution in [1.82, 2.24) is 14.9 Å². The molecule has 0 aliphatic rings. The summed E-state index contributed by atoms with van der Waals surface area (Å²) in [6, 6.07) is 6.51. The molecule has 3 N–H and O–H groups in total. The first-order valence-corrected chi connectivity index (χ1v) is 7.76. The van der Waals surface area contributed by atoms with E-state index >= 15 is 0 Å². The zero-order chi connectivity index (χ0) is 18.8. The summed E-state index contributed by atoms with van der Waals surface area (Å²) in [4.78, 5) is 10.8. The van der Waals surface area contributed by atoms with E-state index in [9.17, 15) is 10.1 Å². The molecule has 0 unspecified atom stereocenters. The van der Waals surface area contributed by atoms with Gasteiger partial charge in [-0.05, 0) is 37.6 Å². The monoisotopic (exact) mass is 375 g/mol. The molecule has 0 bridgehead atoms. The summed E-state index contributed by atoms with van der Waals surface area (Å²) in [6.07, 6.45) is 1.38. The fourth-order valence-electron chi connectivity index (χ4n) is 2.21. The third kappa shape index (κ3) is 3.22. The molecular formula is C15H14ClN7O3. The number of nitro groups is 1. The van der Waals surface area contributed by atoms with E-state index in [2.05, 4.69) is 20.7 Å². The van der Waals surface area contributed by atoms with E-state index in [4.69, 9.17) is 21.9 Å². The van der Waals surface area contributed by atoms with Crippen LogP contribution >= 0.6 is 11.6 Å². The number of hydrazone groups is 1. The molecule has 0 saturated heterocycles. The number of furan rings is 1. The lowest BCUT2D eigenvalue weighted by Gasteiger charge is -2.04. The van der Waals surface area contributed by atoms with Gasteiger partial charge in [0.25, 0.3) is 11.6 Å². The first kappa shape index (κ1) is 17.4. The Morgan fingerprint density at radius 3 is 2.77 bits per heavy atom. The first-order valence-electron chi connectivity index (χ1n) is 7.38. The number of nitrogen functional groups attached to an aromatic ring is 1. The molecule has 0 spiro atoms. The predicted molar refractivity (Wildman–Crippen MR) is 96.7 cm³/mol. The van der Waals surface area contributed by atoms with Crippen LogP contribution in [0.2, 0.25) is 5.02 Å². The van der Waals surface area contributed by atoms with Crippen LogP contribution in [0.5, 0.6) is 0 Å². The summed E-state index contributed by atoms with van der Waals surface area (Å²) in [5.41, 5.74) is 3.32. The number of aryl methyl sites for hydroxylation is 2. The van der Waals surface area contributed by atoms with Crippen LogP contribution in [-0.2, 0) is 0 Å². The lowest BCUT2D eigenvalue weighted by atomic mass is 10.1. The molecule has 3 rings (SSSR count). The molecule has 2 aromatic heterocycles. The summed E-state index contributed by atoms with van der Waals surface area (Å²) in [6.45, 7) is 3.39. The molecule has 0 amide bonds. The Labute approximate surface area is 152 Å². The lowest BCUT2D eigenvalue weighted by Crippen LogP contribution is -2.13. The van der Waals surface area contributed by atoms with Gasteiger partial charge in [0, 0.05) is 0 Å².